The highest BCUT2D eigenvalue weighted by atomic mass is 16.5. The zero-order valence-electron chi connectivity index (χ0n) is 17.3. The highest BCUT2D eigenvalue weighted by Crippen LogP contribution is 2.26. The molecule has 4 rings (SSSR count). The number of hydrogen-bond donors (Lipinski definition) is 1. The van der Waals surface area contributed by atoms with Crippen LogP contribution >= 0.6 is 0 Å². The lowest BCUT2D eigenvalue weighted by molar-refractivity contribution is -0.119. The molecule has 164 valence electrons. The highest BCUT2D eigenvalue weighted by Gasteiger charge is 2.17. The van der Waals surface area contributed by atoms with Gasteiger partial charge in [0.2, 0.25) is 0 Å². The van der Waals surface area contributed by atoms with Crippen molar-refractivity contribution in [2.45, 2.75) is 0 Å². The fraction of sp³-hybridized carbons (Fsp3) is 0.208. The number of para-hydroxylation sites is 2. The van der Waals surface area contributed by atoms with E-state index in [0.29, 0.717) is 42.1 Å². The van der Waals surface area contributed by atoms with Crippen molar-refractivity contribution in [1.29, 1.82) is 0 Å². The smallest absolute Gasteiger partial charge is 0.338 e. The quantitative estimate of drug-likeness (QED) is 0.450. The number of esters is 1. The monoisotopic (exact) mass is 434 g/mol. The number of rotatable bonds is 7. The normalized spacial score (nSPS) is 13.4. The molecule has 1 aliphatic rings. The largest absolute Gasteiger partial charge is 0.453 e. The summed E-state index contributed by atoms with van der Waals surface area (Å²) in [4.78, 5) is 37.6. The van der Waals surface area contributed by atoms with Gasteiger partial charge in [-0.25, -0.2) is 4.79 Å². The van der Waals surface area contributed by atoms with Crippen LogP contribution in [0.2, 0.25) is 0 Å². The number of aldehydes is 1. The minimum absolute atomic E-state index is 0.227. The molecule has 8 heteroatoms. The van der Waals surface area contributed by atoms with Gasteiger partial charge in [0.05, 0.1) is 30.2 Å². The van der Waals surface area contributed by atoms with Crippen LogP contribution in [0.25, 0.3) is 11.3 Å². The average molecular weight is 434 g/mol. The van der Waals surface area contributed by atoms with Gasteiger partial charge in [-0.15, -0.1) is 0 Å². The Bertz CT molecular complexity index is 1100. The van der Waals surface area contributed by atoms with E-state index >= 15 is 0 Å². The van der Waals surface area contributed by atoms with Gasteiger partial charge in [-0.05, 0) is 36.4 Å². The Morgan fingerprint density at radius 2 is 1.75 bits per heavy atom. The fourth-order valence-electron chi connectivity index (χ4n) is 3.40. The zero-order chi connectivity index (χ0) is 22.3. The van der Waals surface area contributed by atoms with E-state index in [2.05, 4.69) is 10.2 Å². The molecule has 0 spiro atoms. The molecule has 32 heavy (non-hydrogen) atoms. The number of hydrogen-bond acceptors (Lipinski definition) is 7. The third-order valence-electron chi connectivity index (χ3n) is 5.01. The van der Waals surface area contributed by atoms with E-state index in [4.69, 9.17) is 13.9 Å². The summed E-state index contributed by atoms with van der Waals surface area (Å²) in [7, 11) is 0. The topological polar surface area (TPSA) is 98.1 Å². The maximum Gasteiger partial charge on any atom is 0.338 e. The van der Waals surface area contributed by atoms with Crippen molar-refractivity contribution in [3.63, 3.8) is 0 Å². The summed E-state index contributed by atoms with van der Waals surface area (Å²) in [6.07, 6.45) is 0.625. The van der Waals surface area contributed by atoms with Crippen LogP contribution in [0.4, 0.5) is 11.4 Å². The van der Waals surface area contributed by atoms with E-state index in [0.717, 1.165) is 18.8 Å². The van der Waals surface area contributed by atoms with Crippen molar-refractivity contribution in [3.05, 3.63) is 72.0 Å². The molecule has 0 radical (unpaired) electrons. The van der Waals surface area contributed by atoms with Crippen molar-refractivity contribution in [2.75, 3.05) is 43.1 Å². The first-order valence-electron chi connectivity index (χ1n) is 10.2. The Hall–Kier alpha value is -3.91. The predicted molar refractivity (Wildman–Crippen MR) is 118 cm³/mol. The van der Waals surface area contributed by atoms with Gasteiger partial charge in [-0.3, -0.25) is 9.59 Å². The molecule has 1 amide bonds. The molecule has 0 bridgehead atoms. The van der Waals surface area contributed by atoms with Crippen LogP contribution in [0.3, 0.4) is 0 Å². The number of nitrogens with one attached hydrogen (secondary N) is 1. The summed E-state index contributed by atoms with van der Waals surface area (Å²) in [5.74, 6) is -0.288. The molecule has 3 aromatic rings. The highest BCUT2D eigenvalue weighted by molar-refractivity contribution is 5.97. The van der Waals surface area contributed by atoms with Crippen LogP contribution < -0.4 is 10.2 Å². The summed E-state index contributed by atoms with van der Waals surface area (Å²) < 4.78 is 15.9. The molecule has 0 atom stereocenters. The van der Waals surface area contributed by atoms with Gasteiger partial charge in [-0.2, -0.15) is 0 Å². The Morgan fingerprint density at radius 3 is 2.47 bits per heavy atom. The number of ether oxygens (including phenoxy) is 2. The number of benzene rings is 2. The first kappa shape index (κ1) is 21.3. The lowest BCUT2D eigenvalue weighted by atomic mass is 10.1. The van der Waals surface area contributed by atoms with Crippen LogP contribution in [0.5, 0.6) is 0 Å². The Kier molecular flexibility index (Phi) is 6.62. The van der Waals surface area contributed by atoms with Crippen molar-refractivity contribution < 1.29 is 28.3 Å². The molecule has 1 fully saturated rings. The van der Waals surface area contributed by atoms with Crippen LogP contribution in [-0.2, 0) is 14.3 Å². The predicted octanol–water partition coefficient (Wildman–Crippen LogP) is 3.39. The standard InChI is InChI=1S/C24H22N2O6/c27-15-19-9-10-22(32-19)17-5-7-18(8-6-17)24(29)31-16-23(28)25-20-3-1-2-4-21(20)26-11-13-30-14-12-26/h1-10,15H,11-14,16H2,(H,25,28). The van der Waals surface area contributed by atoms with E-state index in [1.165, 1.54) is 0 Å². The van der Waals surface area contributed by atoms with Crippen molar-refractivity contribution in [1.82, 2.24) is 0 Å². The minimum atomic E-state index is -0.610. The summed E-state index contributed by atoms with van der Waals surface area (Å²) in [6, 6.07) is 17.3. The van der Waals surface area contributed by atoms with Gasteiger partial charge >= 0.3 is 5.97 Å². The fourth-order valence-corrected chi connectivity index (χ4v) is 3.40. The van der Waals surface area contributed by atoms with Gasteiger partial charge in [0, 0.05) is 18.7 Å². The molecule has 8 nitrogen and oxygen atoms in total. The Balaban J connectivity index is 1.33. The molecular weight excluding hydrogens is 412 g/mol. The van der Waals surface area contributed by atoms with Crippen molar-refractivity contribution in [3.8, 4) is 11.3 Å². The number of anilines is 2. The second kappa shape index (κ2) is 9.93. The molecule has 2 heterocycles. The Morgan fingerprint density at radius 1 is 1.00 bits per heavy atom. The number of furan rings is 1. The molecule has 1 N–H and O–H groups in total. The third kappa shape index (κ3) is 5.04. The van der Waals surface area contributed by atoms with Crippen LogP contribution in [0.15, 0.2) is 65.1 Å². The van der Waals surface area contributed by atoms with E-state index in [1.807, 2.05) is 24.3 Å². The first-order chi connectivity index (χ1) is 15.6. The van der Waals surface area contributed by atoms with Gasteiger partial charge in [0.1, 0.15) is 5.76 Å². The second-order valence-electron chi connectivity index (χ2n) is 7.14. The molecule has 0 saturated carbocycles. The average Bonchev–Trinajstić information content (AvgIpc) is 3.33. The Labute approximate surface area is 184 Å². The lowest BCUT2D eigenvalue weighted by Crippen LogP contribution is -2.36. The maximum atomic E-state index is 12.4. The maximum absolute atomic E-state index is 12.4. The van der Waals surface area contributed by atoms with E-state index in [1.54, 1.807) is 36.4 Å². The van der Waals surface area contributed by atoms with Crippen LogP contribution in [-0.4, -0.2) is 51.1 Å². The second-order valence-corrected chi connectivity index (χ2v) is 7.14. The molecule has 1 saturated heterocycles. The van der Waals surface area contributed by atoms with E-state index < -0.39 is 18.5 Å². The summed E-state index contributed by atoms with van der Waals surface area (Å²) in [6.45, 7) is 2.35. The molecular formula is C24H22N2O6. The van der Waals surface area contributed by atoms with Gasteiger partial charge in [0.15, 0.2) is 18.7 Å². The van der Waals surface area contributed by atoms with Crippen LogP contribution in [0, 0.1) is 0 Å². The molecule has 1 aromatic heterocycles. The number of nitrogens with zero attached hydrogens (tertiary/aromatic N) is 1. The summed E-state index contributed by atoms with van der Waals surface area (Å²) in [5.41, 5.74) is 2.58. The SMILES string of the molecule is O=Cc1ccc(-c2ccc(C(=O)OCC(=O)Nc3ccccc3N3CCOCC3)cc2)o1. The number of amides is 1. The zero-order valence-corrected chi connectivity index (χ0v) is 17.3. The van der Waals surface area contributed by atoms with Crippen molar-refractivity contribution in [2.24, 2.45) is 0 Å². The van der Waals surface area contributed by atoms with E-state index in [9.17, 15) is 14.4 Å². The molecule has 0 unspecified atom stereocenters. The van der Waals surface area contributed by atoms with Gasteiger partial charge in [-0.1, -0.05) is 24.3 Å². The molecule has 2 aromatic carbocycles. The molecule has 0 aliphatic carbocycles. The lowest BCUT2D eigenvalue weighted by Gasteiger charge is -2.30. The van der Waals surface area contributed by atoms with E-state index in [-0.39, 0.29) is 5.76 Å². The van der Waals surface area contributed by atoms with Crippen molar-refractivity contribution >= 4 is 29.5 Å². The first-order valence-corrected chi connectivity index (χ1v) is 10.2. The number of morpholine rings is 1. The third-order valence-corrected chi connectivity index (χ3v) is 5.01. The summed E-state index contributed by atoms with van der Waals surface area (Å²) >= 11 is 0. The number of carbonyl (C=O) groups is 3. The van der Waals surface area contributed by atoms with Crippen LogP contribution in [0.1, 0.15) is 20.9 Å². The number of carbonyl (C=O) groups excluding carboxylic acids is 3. The molecule has 1 aliphatic heterocycles. The van der Waals surface area contributed by atoms with Gasteiger partial charge < -0.3 is 24.1 Å². The minimum Gasteiger partial charge on any atom is -0.453 e. The summed E-state index contributed by atoms with van der Waals surface area (Å²) in [5, 5.41) is 2.81. The van der Waals surface area contributed by atoms with Gasteiger partial charge in [0.25, 0.3) is 5.91 Å².